The summed E-state index contributed by atoms with van der Waals surface area (Å²) in [5.74, 6) is 1.16. The Morgan fingerprint density at radius 1 is 1.39 bits per heavy atom. The van der Waals surface area contributed by atoms with Crippen molar-refractivity contribution >= 4 is 23.7 Å². The van der Waals surface area contributed by atoms with Crippen molar-refractivity contribution in [3.63, 3.8) is 0 Å². The lowest BCUT2D eigenvalue weighted by Crippen LogP contribution is -2.42. The zero-order chi connectivity index (χ0) is 13.4. The number of nitrogens with zero attached hydrogens (tertiary/aromatic N) is 1. The number of hydrogen-bond acceptors (Lipinski definition) is 3. The van der Waals surface area contributed by atoms with E-state index in [1.54, 1.807) is 19.0 Å². The SMILES string of the molecule is CN(C)C(=O)CCCCC1CNC(=O)NCCS1. The van der Waals surface area contributed by atoms with Crippen molar-refractivity contribution in [3.05, 3.63) is 0 Å². The van der Waals surface area contributed by atoms with Crippen LogP contribution in [0.25, 0.3) is 0 Å². The molecule has 6 heteroatoms. The first kappa shape index (κ1) is 15.1. The molecule has 1 aliphatic rings. The van der Waals surface area contributed by atoms with Crippen LogP contribution in [-0.2, 0) is 4.79 Å². The molecule has 0 saturated carbocycles. The molecule has 104 valence electrons. The summed E-state index contributed by atoms with van der Waals surface area (Å²) >= 11 is 1.89. The van der Waals surface area contributed by atoms with Crippen LogP contribution in [0.3, 0.4) is 0 Å². The molecule has 1 fully saturated rings. The molecule has 1 aliphatic heterocycles. The van der Waals surface area contributed by atoms with Crippen molar-refractivity contribution in [1.82, 2.24) is 15.5 Å². The van der Waals surface area contributed by atoms with Gasteiger partial charge < -0.3 is 15.5 Å². The summed E-state index contributed by atoms with van der Waals surface area (Å²) in [4.78, 5) is 24.2. The van der Waals surface area contributed by atoms with Gasteiger partial charge in [-0.1, -0.05) is 6.42 Å². The number of hydrogen-bond donors (Lipinski definition) is 2. The van der Waals surface area contributed by atoms with Crippen LogP contribution in [0, 0.1) is 0 Å². The Balaban J connectivity index is 2.13. The third-order valence-corrected chi connectivity index (χ3v) is 4.21. The van der Waals surface area contributed by atoms with Crippen molar-refractivity contribution in [2.75, 3.05) is 32.9 Å². The summed E-state index contributed by atoms with van der Waals surface area (Å²) in [7, 11) is 3.57. The highest BCUT2D eigenvalue weighted by molar-refractivity contribution is 7.99. The average Bonchev–Trinajstić information content (AvgIpc) is 2.32. The molecule has 1 rings (SSSR count). The van der Waals surface area contributed by atoms with Crippen LogP contribution in [0.15, 0.2) is 0 Å². The summed E-state index contributed by atoms with van der Waals surface area (Å²) in [6.07, 6.45) is 3.66. The maximum absolute atomic E-state index is 11.4. The molecule has 1 unspecified atom stereocenters. The van der Waals surface area contributed by atoms with E-state index in [-0.39, 0.29) is 11.9 Å². The third-order valence-electron chi connectivity index (χ3n) is 2.90. The van der Waals surface area contributed by atoms with E-state index in [2.05, 4.69) is 10.6 Å². The molecule has 5 nitrogen and oxygen atoms in total. The lowest BCUT2D eigenvalue weighted by molar-refractivity contribution is -0.128. The minimum absolute atomic E-state index is 0.0666. The zero-order valence-corrected chi connectivity index (χ0v) is 12.0. The van der Waals surface area contributed by atoms with E-state index < -0.39 is 0 Å². The fraction of sp³-hybridized carbons (Fsp3) is 0.833. The van der Waals surface area contributed by atoms with Crippen LogP contribution in [0.2, 0.25) is 0 Å². The van der Waals surface area contributed by atoms with E-state index >= 15 is 0 Å². The number of thioether (sulfide) groups is 1. The van der Waals surface area contributed by atoms with Crippen molar-refractivity contribution < 1.29 is 9.59 Å². The quantitative estimate of drug-likeness (QED) is 0.736. The Kier molecular flexibility index (Phi) is 6.93. The van der Waals surface area contributed by atoms with Gasteiger partial charge in [-0.2, -0.15) is 11.8 Å². The molecule has 1 saturated heterocycles. The van der Waals surface area contributed by atoms with E-state index in [9.17, 15) is 9.59 Å². The van der Waals surface area contributed by atoms with Crippen molar-refractivity contribution in [2.45, 2.75) is 30.9 Å². The van der Waals surface area contributed by atoms with Crippen molar-refractivity contribution in [1.29, 1.82) is 0 Å². The van der Waals surface area contributed by atoms with Gasteiger partial charge in [-0.15, -0.1) is 0 Å². The Labute approximate surface area is 113 Å². The molecule has 0 aliphatic carbocycles. The second kappa shape index (κ2) is 8.24. The number of nitrogens with one attached hydrogen (secondary N) is 2. The topological polar surface area (TPSA) is 61.4 Å². The van der Waals surface area contributed by atoms with Gasteiger partial charge in [0.25, 0.3) is 0 Å². The standard InChI is InChI=1S/C12H23N3O2S/c1-15(2)11(16)6-4-3-5-10-9-14-12(17)13-7-8-18-10/h10H,3-9H2,1-2H3,(H2,13,14,17). The summed E-state index contributed by atoms with van der Waals surface area (Å²) in [6, 6.07) is -0.0666. The summed E-state index contributed by atoms with van der Waals surface area (Å²) in [5.41, 5.74) is 0. The first-order valence-corrected chi connectivity index (χ1v) is 7.48. The van der Waals surface area contributed by atoms with Crippen LogP contribution >= 0.6 is 11.8 Å². The minimum Gasteiger partial charge on any atom is -0.349 e. The van der Waals surface area contributed by atoms with Gasteiger partial charge in [0, 0.05) is 44.6 Å². The summed E-state index contributed by atoms with van der Waals surface area (Å²) < 4.78 is 0. The maximum Gasteiger partial charge on any atom is 0.314 e. The molecular weight excluding hydrogens is 250 g/mol. The number of rotatable bonds is 5. The molecule has 0 spiro atoms. The van der Waals surface area contributed by atoms with Crippen molar-refractivity contribution in [2.24, 2.45) is 0 Å². The van der Waals surface area contributed by atoms with Gasteiger partial charge in [-0.25, -0.2) is 4.79 Å². The molecule has 0 aromatic heterocycles. The zero-order valence-electron chi connectivity index (χ0n) is 11.2. The smallest absolute Gasteiger partial charge is 0.314 e. The van der Waals surface area contributed by atoms with Crippen molar-refractivity contribution in [3.8, 4) is 0 Å². The predicted octanol–water partition coefficient (Wildman–Crippen LogP) is 1.05. The third kappa shape index (κ3) is 6.14. The van der Waals surface area contributed by atoms with E-state index in [0.717, 1.165) is 38.1 Å². The normalized spacial score (nSPS) is 20.3. The molecule has 18 heavy (non-hydrogen) atoms. The Hall–Kier alpha value is -0.910. The molecule has 2 N–H and O–H groups in total. The summed E-state index contributed by atoms with van der Waals surface area (Å²) in [5, 5.41) is 6.11. The number of carbonyl (C=O) groups excluding carboxylic acids is 2. The van der Waals surface area contributed by atoms with Gasteiger partial charge in [0.05, 0.1) is 0 Å². The van der Waals surface area contributed by atoms with Gasteiger partial charge in [0.1, 0.15) is 0 Å². The van der Waals surface area contributed by atoms with E-state index in [1.165, 1.54) is 0 Å². The lowest BCUT2D eigenvalue weighted by atomic mass is 10.1. The van der Waals surface area contributed by atoms with Gasteiger partial charge in [-0.05, 0) is 12.8 Å². The average molecular weight is 273 g/mol. The second-order valence-electron chi connectivity index (χ2n) is 4.66. The largest absolute Gasteiger partial charge is 0.349 e. The Morgan fingerprint density at radius 2 is 2.17 bits per heavy atom. The fourth-order valence-corrected chi connectivity index (χ4v) is 2.86. The van der Waals surface area contributed by atoms with E-state index in [0.29, 0.717) is 11.7 Å². The number of unbranched alkanes of at least 4 members (excludes halogenated alkanes) is 1. The molecule has 0 bridgehead atoms. The molecule has 3 amide bonds. The Bertz CT molecular complexity index is 284. The second-order valence-corrected chi connectivity index (χ2v) is 6.07. The molecule has 1 heterocycles. The molecule has 0 aromatic rings. The lowest BCUT2D eigenvalue weighted by Gasteiger charge is -2.20. The van der Waals surface area contributed by atoms with Gasteiger partial charge in [0.2, 0.25) is 5.91 Å². The van der Waals surface area contributed by atoms with Crippen LogP contribution in [-0.4, -0.2) is 55.0 Å². The van der Waals surface area contributed by atoms with Crippen LogP contribution in [0.4, 0.5) is 4.79 Å². The predicted molar refractivity (Wildman–Crippen MR) is 74.8 cm³/mol. The van der Waals surface area contributed by atoms with Crippen LogP contribution in [0.1, 0.15) is 25.7 Å². The van der Waals surface area contributed by atoms with E-state index in [4.69, 9.17) is 0 Å². The highest BCUT2D eigenvalue weighted by atomic mass is 32.2. The van der Waals surface area contributed by atoms with Crippen LogP contribution < -0.4 is 10.6 Å². The summed E-state index contributed by atoms with van der Waals surface area (Å²) in [6.45, 7) is 1.45. The number of carbonyl (C=O) groups is 2. The monoisotopic (exact) mass is 273 g/mol. The first-order chi connectivity index (χ1) is 8.59. The molecule has 0 radical (unpaired) electrons. The number of urea groups is 1. The highest BCUT2D eigenvalue weighted by Crippen LogP contribution is 2.18. The number of amides is 3. The van der Waals surface area contributed by atoms with E-state index in [1.807, 2.05) is 11.8 Å². The molecule has 1 atom stereocenters. The minimum atomic E-state index is -0.0666. The van der Waals surface area contributed by atoms with Gasteiger partial charge in [0.15, 0.2) is 0 Å². The Morgan fingerprint density at radius 3 is 2.89 bits per heavy atom. The van der Waals surface area contributed by atoms with Crippen LogP contribution in [0.5, 0.6) is 0 Å². The maximum atomic E-state index is 11.4. The molecular formula is C12H23N3O2S. The van der Waals surface area contributed by atoms with Gasteiger partial charge in [-0.3, -0.25) is 4.79 Å². The highest BCUT2D eigenvalue weighted by Gasteiger charge is 2.14. The molecule has 0 aromatic carbocycles. The first-order valence-electron chi connectivity index (χ1n) is 6.43. The fourth-order valence-electron chi connectivity index (χ4n) is 1.78. The van der Waals surface area contributed by atoms with Gasteiger partial charge >= 0.3 is 6.03 Å².